The molecule has 0 radical (unpaired) electrons. The summed E-state index contributed by atoms with van der Waals surface area (Å²) in [6.07, 6.45) is -0.119. The Balaban J connectivity index is 2.15. The molecule has 1 aliphatic heterocycles. The molecular formula is C14H18N2O3. The number of amides is 2. The summed E-state index contributed by atoms with van der Waals surface area (Å²) >= 11 is 0. The third-order valence-corrected chi connectivity index (χ3v) is 3.18. The lowest BCUT2D eigenvalue weighted by molar-refractivity contribution is -0.128. The van der Waals surface area contributed by atoms with Crippen molar-refractivity contribution >= 4 is 17.5 Å². The highest BCUT2D eigenvalue weighted by atomic mass is 16.3. The predicted octanol–water partition coefficient (Wildman–Crippen LogP) is 0.415. The minimum atomic E-state index is -0.598. The first-order chi connectivity index (χ1) is 8.97. The Hall–Kier alpha value is -1.88. The van der Waals surface area contributed by atoms with Gasteiger partial charge in [0, 0.05) is 19.8 Å². The van der Waals surface area contributed by atoms with Crippen LogP contribution in [-0.4, -0.2) is 48.6 Å². The van der Waals surface area contributed by atoms with E-state index in [0.29, 0.717) is 13.0 Å². The van der Waals surface area contributed by atoms with E-state index in [-0.39, 0.29) is 18.2 Å². The molecule has 0 bridgehead atoms. The molecule has 1 fully saturated rings. The van der Waals surface area contributed by atoms with Crippen LogP contribution in [0.25, 0.3) is 0 Å². The number of hydrogen-bond acceptors (Lipinski definition) is 3. The molecule has 1 aliphatic rings. The van der Waals surface area contributed by atoms with Gasteiger partial charge >= 0.3 is 0 Å². The molecule has 1 aromatic rings. The number of carbonyl (C=O) groups excluding carboxylic acids is 2. The van der Waals surface area contributed by atoms with Crippen molar-refractivity contribution in [2.45, 2.75) is 18.9 Å². The minimum Gasteiger partial charge on any atom is -0.391 e. The average Bonchev–Trinajstić information content (AvgIpc) is 2.68. The van der Waals surface area contributed by atoms with Crippen molar-refractivity contribution in [3.8, 4) is 0 Å². The minimum absolute atomic E-state index is 0.0185. The molecule has 1 aromatic carbocycles. The highest BCUT2D eigenvalue weighted by Crippen LogP contribution is 2.22. The SMILES string of the molecule is CN(C)C(=O)Cc1cccc(N2CC(O)CC2=O)c1. The van der Waals surface area contributed by atoms with E-state index in [1.54, 1.807) is 19.0 Å². The van der Waals surface area contributed by atoms with Crippen molar-refractivity contribution in [2.75, 3.05) is 25.5 Å². The van der Waals surface area contributed by atoms with Gasteiger partial charge in [-0.1, -0.05) is 12.1 Å². The zero-order valence-corrected chi connectivity index (χ0v) is 11.2. The summed E-state index contributed by atoms with van der Waals surface area (Å²) in [6, 6.07) is 7.34. The number of likely N-dealkylation sites (N-methyl/N-ethyl adjacent to an activating group) is 1. The smallest absolute Gasteiger partial charge is 0.229 e. The van der Waals surface area contributed by atoms with Crippen molar-refractivity contribution in [1.29, 1.82) is 0 Å². The van der Waals surface area contributed by atoms with Gasteiger partial charge in [-0.3, -0.25) is 9.59 Å². The van der Waals surface area contributed by atoms with Gasteiger partial charge in [0.1, 0.15) is 0 Å². The first-order valence-corrected chi connectivity index (χ1v) is 6.25. The summed E-state index contributed by atoms with van der Waals surface area (Å²) in [6.45, 7) is 0.323. The molecule has 1 heterocycles. The summed E-state index contributed by atoms with van der Waals surface area (Å²) in [7, 11) is 3.43. The predicted molar refractivity (Wildman–Crippen MR) is 71.8 cm³/mol. The largest absolute Gasteiger partial charge is 0.391 e. The van der Waals surface area contributed by atoms with Crippen LogP contribution in [0.15, 0.2) is 24.3 Å². The maximum atomic E-state index is 11.7. The fourth-order valence-corrected chi connectivity index (χ4v) is 2.11. The quantitative estimate of drug-likeness (QED) is 0.858. The number of benzene rings is 1. The van der Waals surface area contributed by atoms with Crippen LogP contribution < -0.4 is 4.90 Å². The zero-order valence-electron chi connectivity index (χ0n) is 11.2. The summed E-state index contributed by atoms with van der Waals surface area (Å²) in [4.78, 5) is 26.5. The third kappa shape index (κ3) is 3.12. The standard InChI is InChI=1S/C14H18N2O3/c1-15(2)13(18)7-10-4-3-5-11(6-10)16-9-12(17)8-14(16)19/h3-6,12,17H,7-9H2,1-2H3. The molecule has 19 heavy (non-hydrogen) atoms. The fraction of sp³-hybridized carbons (Fsp3) is 0.429. The van der Waals surface area contributed by atoms with Crippen LogP contribution >= 0.6 is 0 Å². The van der Waals surface area contributed by atoms with E-state index in [1.807, 2.05) is 24.3 Å². The van der Waals surface area contributed by atoms with Gasteiger partial charge in [0.2, 0.25) is 11.8 Å². The molecule has 0 saturated carbocycles. The van der Waals surface area contributed by atoms with E-state index < -0.39 is 6.10 Å². The number of anilines is 1. The number of hydrogen-bond donors (Lipinski definition) is 1. The van der Waals surface area contributed by atoms with Gasteiger partial charge < -0.3 is 14.9 Å². The van der Waals surface area contributed by atoms with Crippen molar-refractivity contribution < 1.29 is 14.7 Å². The van der Waals surface area contributed by atoms with Gasteiger partial charge in [-0.05, 0) is 17.7 Å². The number of β-amino-alcohol motifs (C(OH)–C–C–N with tert-alkyl or cyclic N) is 1. The molecule has 1 unspecified atom stereocenters. The number of nitrogens with zero attached hydrogens (tertiary/aromatic N) is 2. The summed E-state index contributed by atoms with van der Waals surface area (Å²) in [5, 5.41) is 9.50. The van der Waals surface area contributed by atoms with Crippen LogP contribution in [0.4, 0.5) is 5.69 Å². The lowest BCUT2D eigenvalue weighted by Crippen LogP contribution is -2.26. The molecule has 1 saturated heterocycles. The number of rotatable bonds is 3. The molecule has 102 valence electrons. The molecule has 0 aromatic heterocycles. The van der Waals surface area contributed by atoms with Crippen LogP contribution in [0.5, 0.6) is 0 Å². The van der Waals surface area contributed by atoms with E-state index in [0.717, 1.165) is 11.3 Å². The summed E-state index contributed by atoms with van der Waals surface area (Å²) in [5.41, 5.74) is 1.61. The van der Waals surface area contributed by atoms with Gasteiger partial charge in [0.05, 0.1) is 25.5 Å². The topological polar surface area (TPSA) is 60.9 Å². The average molecular weight is 262 g/mol. The highest BCUT2D eigenvalue weighted by Gasteiger charge is 2.29. The van der Waals surface area contributed by atoms with Crippen molar-refractivity contribution in [3.05, 3.63) is 29.8 Å². The maximum Gasteiger partial charge on any atom is 0.229 e. The van der Waals surface area contributed by atoms with Crippen LogP contribution in [-0.2, 0) is 16.0 Å². The molecule has 1 N–H and O–H groups in total. The molecule has 5 nitrogen and oxygen atoms in total. The van der Waals surface area contributed by atoms with Crippen molar-refractivity contribution in [2.24, 2.45) is 0 Å². The Kier molecular flexibility index (Phi) is 3.85. The van der Waals surface area contributed by atoms with Gasteiger partial charge in [0.25, 0.3) is 0 Å². The first kappa shape index (κ1) is 13.5. The maximum absolute atomic E-state index is 11.7. The summed E-state index contributed by atoms with van der Waals surface area (Å²) < 4.78 is 0. The Morgan fingerprint density at radius 2 is 2.21 bits per heavy atom. The number of carbonyl (C=O) groups is 2. The Bertz CT molecular complexity index is 499. The van der Waals surface area contributed by atoms with Gasteiger partial charge in [-0.25, -0.2) is 0 Å². The second-order valence-electron chi connectivity index (χ2n) is 5.00. The Labute approximate surface area is 112 Å². The van der Waals surface area contributed by atoms with Crippen LogP contribution in [0.3, 0.4) is 0 Å². The lowest BCUT2D eigenvalue weighted by Gasteiger charge is -2.17. The highest BCUT2D eigenvalue weighted by molar-refractivity contribution is 5.96. The monoisotopic (exact) mass is 262 g/mol. The van der Waals surface area contributed by atoms with Crippen molar-refractivity contribution in [3.63, 3.8) is 0 Å². The van der Waals surface area contributed by atoms with Gasteiger partial charge in [-0.2, -0.15) is 0 Å². The van der Waals surface area contributed by atoms with Gasteiger partial charge in [-0.15, -0.1) is 0 Å². The second kappa shape index (κ2) is 5.40. The fourth-order valence-electron chi connectivity index (χ4n) is 2.11. The normalized spacial score (nSPS) is 18.8. The molecule has 2 rings (SSSR count). The van der Waals surface area contributed by atoms with Crippen LogP contribution in [0.2, 0.25) is 0 Å². The molecule has 0 spiro atoms. The number of aliphatic hydroxyl groups is 1. The summed E-state index contributed by atoms with van der Waals surface area (Å²) in [5.74, 6) is -0.0616. The van der Waals surface area contributed by atoms with E-state index in [4.69, 9.17) is 0 Å². The molecule has 1 atom stereocenters. The van der Waals surface area contributed by atoms with Crippen molar-refractivity contribution in [1.82, 2.24) is 4.90 Å². The molecule has 0 aliphatic carbocycles. The number of aliphatic hydroxyl groups excluding tert-OH is 1. The molecule has 5 heteroatoms. The van der Waals surface area contributed by atoms with Crippen LogP contribution in [0, 0.1) is 0 Å². The van der Waals surface area contributed by atoms with E-state index in [1.165, 1.54) is 4.90 Å². The van der Waals surface area contributed by atoms with Gasteiger partial charge in [0.15, 0.2) is 0 Å². The second-order valence-corrected chi connectivity index (χ2v) is 5.00. The Morgan fingerprint density at radius 3 is 2.79 bits per heavy atom. The first-order valence-electron chi connectivity index (χ1n) is 6.25. The van der Waals surface area contributed by atoms with E-state index in [9.17, 15) is 14.7 Å². The van der Waals surface area contributed by atoms with E-state index >= 15 is 0 Å². The lowest BCUT2D eigenvalue weighted by atomic mass is 10.1. The molecular weight excluding hydrogens is 244 g/mol. The Morgan fingerprint density at radius 1 is 1.47 bits per heavy atom. The van der Waals surface area contributed by atoms with Crippen LogP contribution in [0.1, 0.15) is 12.0 Å². The third-order valence-electron chi connectivity index (χ3n) is 3.18. The zero-order chi connectivity index (χ0) is 14.0. The van der Waals surface area contributed by atoms with E-state index in [2.05, 4.69) is 0 Å². The molecule has 2 amide bonds.